The molecule has 1 aliphatic carbocycles. The molecule has 0 saturated heterocycles. The molecule has 1 amide bonds. The fourth-order valence-corrected chi connectivity index (χ4v) is 3.69. The molecule has 24 heavy (non-hydrogen) atoms. The molecule has 5 heteroatoms. The minimum atomic E-state index is -0.691. The number of aromatic nitrogens is 1. The molecule has 1 fully saturated rings. The lowest BCUT2D eigenvalue weighted by Crippen LogP contribution is -2.43. The summed E-state index contributed by atoms with van der Waals surface area (Å²) < 4.78 is 15.7. The molecule has 0 atom stereocenters. The molecule has 1 aliphatic heterocycles. The lowest BCUT2D eigenvalue weighted by molar-refractivity contribution is -0.135. The van der Waals surface area contributed by atoms with Gasteiger partial charge in [0.15, 0.2) is 0 Å². The predicted octanol–water partition coefficient (Wildman–Crippen LogP) is 2.14. The average Bonchev–Trinajstić information content (AvgIpc) is 3.37. The van der Waals surface area contributed by atoms with E-state index in [0.717, 1.165) is 11.1 Å². The van der Waals surface area contributed by atoms with E-state index in [9.17, 15) is 14.0 Å². The maximum Gasteiger partial charge on any atom is 0.250 e. The molecule has 0 N–H and O–H groups in total. The zero-order valence-corrected chi connectivity index (χ0v) is 13.6. The molecule has 0 spiro atoms. The van der Waals surface area contributed by atoms with Crippen LogP contribution in [0.25, 0.3) is 0 Å². The standard InChI is InChI=1S/C19H19FN2O2/c1-21-11-14-12-22(9-6-13(14)10-17(21)23)18(24)19(7-8-19)15-4-2-3-5-16(15)20/h2-5,10-11H,6-9,12H2,1H3. The SMILES string of the molecule is Cn1cc2c(cc1=O)CCN(C(=O)C1(c3ccccc3F)CC1)C2. The minimum Gasteiger partial charge on any atom is -0.337 e. The summed E-state index contributed by atoms with van der Waals surface area (Å²) in [5.74, 6) is -0.296. The first kappa shape index (κ1) is 15.1. The van der Waals surface area contributed by atoms with Gasteiger partial charge >= 0.3 is 0 Å². The number of carbonyl (C=O) groups excluding carboxylic acids is 1. The Labute approximate surface area is 139 Å². The molecular formula is C19H19FN2O2. The van der Waals surface area contributed by atoms with Crippen molar-refractivity contribution >= 4 is 5.91 Å². The van der Waals surface area contributed by atoms with Crippen LogP contribution in [0, 0.1) is 5.82 Å². The van der Waals surface area contributed by atoms with Crippen molar-refractivity contribution in [1.29, 1.82) is 0 Å². The van der Waals surface area contributed by atoms with Crippen molar-refractivity contribution in [1.82, 2.24) is 9.47 Å². The Hall–Kier alpha value is -2.43. The van der Waals surface area contributed by atoms with E-state index in [2.05, 4.69) is 0 Å². The van der Waals surface area contributed by atoms with Crippen LogP contribution in [0.4, 0.5) is 4.39 Å². The van der Waals surface area contributed by atoms with Crippen molar-refractivity contribution < 1.29 is 9.18 Å². The Morgan fingerprint density at radius 2 is 1.96 bits per heavy atom. The molecule has 0 bridgehead atoms. The summed E-state index contributed by atoms with van der Waals surface area (Å²) in [5, 5.41) is 0. The number of hydrogen-bond acceptors (Lipinski definition) is 2. The van der Waals surface area contributed by atoms with E-state index >= 15 is 0 Å². The average molecular weight is 326 g/mol. The smallest absolute Gasteiger partial charge is 0.250 e. The van der Waals surface area contributed by atoms with E-state index in [4.69, 9.17) is 0 Å². The van der Waals surface area contributed by atoms with Gasteiger partial charge in [0.1, 0.15) is 5.82 Å². The summed E-state index contributed by atoms with van der Waals surface area (Å²) in [6.45, 7) is 1.06. The summed E-state index contributed by atoms with van der Waals surface area (Å²) in [6.07, 6.45) is 3.87. The van der Waals surface area contributed by atoms with Crippen LogP contribution in [0.3, 0.4) is 0 Å². The van der Waals surface area contributed by atoms with Gasteiger partial charge in [-0.05, 0) is 36.5 Å². The van der Waals surface area contributed by atoms with E-state index in [0.29, 0.717) is 37.9 Å². The number of rotatable bonds is 2. The van der Waals surface area contributed by atoms with Crippen LogP contribution in [0.2, 0.25) is 0 Å². The van der Waals surface area contributed by atoms with Crippen molar-refractivity contribution in [2.75, 3.05) is 6.54 Å². The van der Waals surface area contributed by atoms with Crippen LogP contribution in [0.5, 0.6) is 0 Å². The number of amides is 1. The molecule has 4 rings (SSSR count). The predicted molar refractivity (Wildman–Crippen MR) is 88.1 cm³/mol. The van der Waals surface area contributed by atoms with E-state index in [1.165, 1.54) is 10.6 Å². The molecule has 124 valence electrons. The van der Waals surface area contributed by atoms with Crippen molar-refractivity contribution in [2.24, 2.45) is 7.05 Å². The van der Waals surface area contributed by atoms with E-state index < -0.39 is 5.41 Å². The van der Waals surface area contributed by atoms with Crippen molar-refractivity contribution in [3.8, 4) is 0 Å². The monoisotopic (exact) mass is 326 g/mol. The molecule has 2 aromatic rings. The summed E-state index contributed by atoms with van der Waals surface area (Å²) in [7, 11) is 1.71. The second-order valence-corrected chi connectivity index (χ2v) is 6.81. The van der Waals surface area contributed by atoms with Crippen LogP contribution in [-0.4, -0.2) is 21.9 Å². The zero-order valence-electron chi connectivity index (χ0n) is 13.6. The lowest BCUT2D eigenvalue weighted by atomic mass is 9.92. The quantitative estimate of drug-likeness (QED) is 0.848. The molecule has 2 aliphatic rings. The maximum absolute atomic E-state index is 14.2. The first-order valence-electron chi connectivity index (χ1n) is 8.24. The Kier molecular flexibility index (Phi) is 3.34. The first-order chi connectivity index (χ1) is 11.5. The summed E-state index contributed by atoms with van der Waals surface area (Å²) in [5.41, 5.74) is 1.81. The second-order valence-electron chi connectivity index (χ2n) is 6.81. The van der Waals surface area contributed by atoms with Crippen LogP contribution >= 0.6 is 0 Å². The van der Waals surface area contributed by atoms with Crippen LogP contribution in [0.15, 0.2) is 41.3 Å². The van der Waals surface area contributed by atoms with Gasteiger partial charge in [-0.2, -0.15) is 0 Å². The highest BCUT2D eigenvalue weighted by molar-refractivity contribution is 5.91. The summed E-state index contributed by atoms with van der Waals surface area (Å²) >= 11 is 0. The Morgan fingerprint density at radius 1 is 1.21 bits per heavy atom. The van der Waals surface area contributed by atoms with E-state index in [1.54, 1.807) is 37.5 Å². The number of fused-ring (bicyclic) bond motifs is 1. The highest BCUT2D eigenvalue weighted by Crippen LogP contribution is 2.50. The number of carbonyl (C=O) groups is 1. The molecule has 4 nitrogen and oxygen atoms in total. The fourth-order valence-electron chi connectivity index (χ4n) is 3.69. The van der Waals surface area contributed by atoms with Crippen LogP contribution < -0.4 is 5.56 Å². The van der Waals surface area contributed by atoms with Gasteiger partial charge in [-0.25, -0.2) is 4.39 Å². The van der Waals surface area contributed by atoms with Gasteiger partial charge in [0.2, 0.25) is 5.91 Å². The van der Waals surface area contributed by atoms with Crippen molar-refractivity contribution in [2.45, 2.75) is 31.2 Å². The van der Waals surface area contributed by atoms with Gasteiger partial charge in [-0.1, -0.05) is 18.2 Å². The van der Waals surface area contributed by atoms with Gasteiger partial charge in [0.05, 0.1) is 5.41 Å². The molecule has 1 saturated carbocycles. The Balaban J connectivity index is 1.63. The molecule has 0 unspecified atom stereocenters. The first-order valence-corrected chi connectivity index (χ1v) is 8.24. The molecular weight excluding hydrogens is 307 g/mol. The van der Waals surface area contributed by atoms with E-state index in [1.807, 2.05) is 4.90 Å². The van der Waals surface area contributed by atoms with Crippen LogP contribution in [0.1, 0.15) is 29.5 Å². The van der Waals surface area contributed by atoms with Gasteiger partial charge < -0.3 is 9.47 Å². The van der Waals surface area contributed by atoms with Crippen molar-refractivity contribution in [3.05, 3.63) is 69.4 Å². The summed E-state index contributed by atoms with van der Waals surface area (Å²) in [4.78, 5) is 26.6. The molecule has 0 radical (unpaired) electrons. The van der Waals surface area contributed by atoms with Crippen molar-refractivity contribution in [3.63, 3.8) is 0 Å². The third-order valence-corrected chi connectivity index (χ3v) is 5.26. The summed E-state index contributed by atoms with van der Waals surface area (Å²) in [6, 6.07) is 8.23. The highest BCUT2D eigenvalue weighted by Gasteiger charge is 2.54. The largest absolute Gasteiger partial charge is 0.337 e. The van der Waals surface area contributed by atoms with E-state index in [-0.39, 0.29) is 17.3 Å². The molecule has 1 aromatic carbocycles. The van der Waals surface area contributed by atoms with Crippen LogP contribution in [-0.2, 0) is 30.2 Å². The number of aryl methyl sites for hydroxylation is 1. The number of benzene rings is 1. The number of halogens is 1. The second kappa shape index (κ2) is 5.30. The number of pyridine rings is 1. The van der Waals surface area contributed by atoms with Gasteiger partial charge in [-0.15, -0.1) is 0 Å². The Bertz CT molecular complexity index is 883. The third kappa shape index (κ3) is 2.27. The zero-order chi connectivity index (χ0) is 16.9. The molecule has 2 heterocycles. The fraction of sp³-hybridized carbons (Fsp3) is 0.368. The maximum atomic E-state index is 14.2. The highest BCUT2D eigenvalue weighted by atomic mass is 19.1. The van der Waals surface area contributed by atoms with Gasteiger partial charge in [0, 0.05) is 38.0 Å². The third-order valence-electron chi connectivity index (χ3n) is 5.26. The number of hydrogen-bond donors (Lipinski definition) is 0. The molecule has 1 aromatic heterocycles. The van der Waals surface area contributed by atoms with Gasteiger partial charge in [0.25, 0.3) is 5.56 Å². The lowest BCUT2D eigenvalue weighted by Gasteiger charge is -2.32. The Morgan fingerprint density at radius 3 is 2.67 bits per heavy atom. The van der Waals surface area contributed by atoms with Gasteiger partial charge in [-0.3, -0.25) is 9.59 Å². The normalized spacial score (nSPS) is 18.2. The topological polar surface area (TPSA) is 42.3 Å². The minimum absolute atomic E-state index is 0.00658. The number of nitrogens with zero attached hydrogens (tertiary/aromatic N) is 2.